The maximum Gasteiger partial charge on any atom is 0.323 e. The van der Waals surface area contributed by atoms with Crippen molar-refractivity contribution in [1.29, 1.82) is 0 Å². The largest absolute Gasteiger partial charge is 0.323 e. The zero-order valence-corrected chi connectivity index (χ0v) is 13.9. The molecule has 3 heterocycles. The highest BCUT2D eigenvalue weighted by atomic mass is 32.2. The maximum atomic E-state index is 12.4. The van der Waals surface area contributed by atoms with Gasteiger partial charge in [-0.25, -0.2) is 17.9 Å². The van der Waals surface area contributed by atoms with E-state index >= 15 is 0 Å². The number of imidazole rings is 1. The van der Waals surface area contributed by atoms with Crippen molar-refractivity contribution in [3.63, 3.8) is 0 Å². The van der Waals surface area contributed by atoms with Crippen LogP contribution in [0.3, 0.4) is 0 Å². The van der Waals surface area contributed by atoms with E-state index in [1.165, 1.54) is 29.5 Å². The molecule has 0 fully saturated rings. The van der Waals surface area contributed by atoms with Gasteiger partial charge in [0.05, 0.1) is 22.5 Å². The van der Waals surface area contributed by atoms with Gasteiger partial charge in [0.25, 0.3) is 0 Å². The average molecular weight is 365 g/mol. The van der Waals surface area contributed by atoms with Gasteiger partial charge in [-0.2, -0.15) is 9.61 Å². The van der Waals surface area contributed by atoms with Crippen molar-refractivity contribution in [2.24, 2.45) is 0 Å². The van der Waals surface area contributed by atoms with Crippen molar-refractivity contribution in [2.45, 2.75) is 18.4 Å². The Morgan fingerprint density at radius 3 is 2.83 bits per heavy atom. The van der Waals surface area contributed by atoms with Gasteiger partial charge in [0.2, 0.25) is 15.0 Å². The first-order chi connectivity index (χ1) is 11.4. The summed E-state index contributed by atoms with van der Waals surface area (Å²) < 4.78 is 28.9. The molecule has 124 valence electrons. The number of fused-ring (bicyclic) bond motifs is 2. The van der Waals surface area contributed by atoms with Crippen molar-refractivity contribution in [3.05, 3.63) is 39.5 Å². The van der Waals surface area contributed by atoms with Crippen LogP contribution in [0.4, 0.5) is 0 Å². The van der Waals surface area contributed by atoms with Crippen LogP contribution in [0.1, 0.15) is 10.8 Å². The number of rotatable bonds is 4. The minimum atomic E-state index is -3.74. The Morgan fingerprint density at radius 2 is 2.04 bits per heavy atom. The summed E-state index contributed by atoms with van der Waals surface area (Å²) in [5.74, 6) is 0.636. The first-order valence-electron chi connectivity index (χ1n) is 6.82. The second-order valence-corrected chi connectivity index (χ2v) is 7.86. The number of nitrogens with zero attached hydrogens (tertiary/aromatic N) is 4. The molecule has 0 aliphatic heterocycles. The van der Waals surface area contributed by atoms with Gasteiger partial charge in [-0.1, -0.05) is 11.3 Å². The number of hydrogen-bond donors (Lipinski definition) is 3. The Kier molecular flexibility index (Phi) is 3.26. The Hall–Kier alpha value is -2.57. The number of H-pyrrole nitrogens is 2. The zero-order chi connectivity index (χ0) is 16.9. The van der Waals surface area contributed by atoms with E-state index < -0.39 is 10.0 Å². The van der Waals surface area contributed by atoms with E-state index in [4.69, 9.17) is 0 Å². The number of nitrogens with one attached hydrogen (secondary N) is 3. The van der Waals surface area contributed by atoms with Crippen LogP contribution in [-0.2, 0) is 16.6 Å². The fourth-order valence-electron chi connectivity index (χ4n) is 2.24. The number of aryl methyl sites for hydroxylation is 1. The molecule has 4 aromatic rings. The summed E-state index contributed by atoms with van der Waals surface area (Å²) in [6.45, 7) is 1.80. The molecule has 4 rings (SSSR count). The molecule has 0 saturated carbocycles. The summed E-state index contributed by atoms with van der Waals surface area (Å²) >= 11 is 1.26. The topological polar surface area (TPSA) is 138 Å². The quantitative estimate of drug-likeness (QED) is 0.470. The van der Waals surface area contributed by atoms with E-state index in [2.05, 4.69) is 30.0 Å². The third kappa shape index (κ3) is 2.50. The second-order valence-electron chi connectivity index (χ2n) is 5.05. The molecule has 10 nitrogen and oxygen atoms in total. The first kappa shape index (κ1) is 15.0. The summed E-state index contributed by atoms with van der Waals surface area (Å²) in [5, 5.41) is 12.6. The standard InChI is InChI=1S/C12H11N7O3S2/c1-6-16-17-12-19(6)18-10(23-12)5-13-24(21,22)7-2-3-8-9(4-7)15-11(20)14-8/h2-4,13H,5H2,1H3,(H2,14,15,20). The van der Waals surface area contributed by atoms with Gasteiger partial charge in [0, 0.05) is 0 Å². The normalized spacial score (nSPS) is 12.4. The van der Waals surface area contributed by atoms with Crippen molar-refractivity contribution in [1.82, 2.24) is 34.5 Å². The molecule has 0 atom stereocenters. The molecule has 0 aliphatic carbocycles. The number of hydrogen-bond acceptors (Lipinski definition) is 7. The lowest BCUT2D eigenvalue weighted by molar-refractivity contribution is 0.580. The molecule has 0 amide bonds. The SMILES string of the molecule is Cc1nnc2sc(CNS(=O)(=O)c3ccc4[nH]c(=O)[nH]c4c3)nn12. The van der Waals surface area contributed by atoms with Gasteiger partial charge >= 0.3 is 5.69 Å². The Bertz CT molecular complexity index is 1210. The molecular formula is C12H11N7O3S2. The predicted octanol–water partition coefficient (Wildman–Crippen LogP) is 0.142. The number of sulfonamides is 1. The van der Waals surface area contributed by atoms with Gasteiger partial charge in [-0.05, 0) is 25.1 Å². The maximum absolute atomic E-state index is 12.4. The summed E-state index contributed by atoms with van der Waals surface area (Å²) in [6.07, 6.45) is 0. The predicted molar refractivity (Wildman–Crippen MR) is 86.3 cm³/mol. The first-order valence-corrected chi connectivity index (χ1v) is 9.12. The van der Waals surface area contributed by atoms with E-state index in [1.54, 1.807) is 11.4 Å². The van der Waals surface area contributed by atoms with Crippen LogP contribution in [-0.4, -0.2) is 38.2 Å². The number of aromatic amines is 2. The van der Waals surface area contributed by atoms with Crippen LogP contribution in [0.15, 0.2) is 27.9 Å². The molecule has 3 aromatic heterocycles. The molecule has 1 aromatic carbocycles. The second kappa shape index (κ2) is 5.22. The van der Waals surface area contributed by atoms with Crippen molar-refractivity contribution < 1.29 is 8.42 Å². The fourth-order valence-corrected chi connectivity index (χ4v) is 4.17. The van der Waals surface area contributed by atoms with E-state index in [0.29, 0.717) is 26.8 Å². The average Bonchev–Trinajstić information content (AvgIpc) is 3.19. The van der Waals surface area contributed by atoms with Crippen LogP contribution in [0.5, 0.6) is 0 Å². The molecular weight excluding hydrogens is 354 g/mol. The lowest BCUT2D eigenvalue weighted by Crippen LogP contribution is -2.23. The van der Waals surface area contributed by atoms with E-state index in [1.807, 2.05) is 0 Å². The molecule has 12 heteroatoms. The van der Waals surface area contributed by atoms with E-state index in [-0.39, 0.29) is 17.1 Å². The Morgan fingerprint density at radius 1 is 1.25 bits per heavy atom. The van der Waals surface area contributed by atoms with Crippen LogP contribution in [0, 0.1) is 6.92 Å². The monoisotopic (exact) mass is 365 g/mol. The summed E-state index contributed by atoms with van der Waals surface area (Å²) in [7, 11) is -3.74. The highest BCUT2D eigenvalue weighted by molar-refractivity contribution is 7.89. The number of aromatic nitrogens is 6. The van der Waals surface area contributed by atoms with Crippen LogP contribution in [0.2, 0.25) is 0 Å². The molecule has 0 unspecified atom stereocenters. The van der Waals surface area contributed by atoms with Gasteiger partial charge in [-0.15, -0.1) is 10.2 Å². The molecule has 24 heavy (non-hydrogen) atoms. The van der Waals surface area contributed by atoms with Gasteiger partial charge in [-0.3, -0.25) is 0 Å². The lowest BCUT2D eigenvalue weighted by atomic mass is 10.3. The van der Waals surface area contributed by atoms with Crippen LogP contribution < -0.4 is 10.4 Å². The fraction of sp³-hybridized carbons (Fsp3) is 0.167. The molecule has 0 radical (unpaired) electrons. The Balaban J connectivity index is 1.60. The third-order valence-electron chi connectivity index (χ3n) is 3.40. The zero-order valence-electron chi connectivity index (χ0n) is 12.3. The molecule has 3 N–H and O–H groups in total. The highest BCUT2D eigenvalue weighted by Gasteiger charge is 2.17. The van der Waals surface area contributed by atoms with Crippen LogP contribution in [0.25, 0.3) is 16.0 Å². The summed E-state index contributed by atoms with van der Waals surface area (Å²) in [4.78, 5) is 17.0. The molecule has 0 spiro atoms. The van der Waals surface area contributed by atoms with Gasteiger partial charge < -0.3 is 9.97 Å². The van der Waals surface area contributed by atoms with Crippen LogP contribution >= 0.6 is 11.3 Å². The Labute approximate surface area is 138 Å². The minimum Gasteiger partial charge on any atom is -0.306 e. The smallest absolute Gasteiger partial charge is 0.306 e. The molecule has 0 bridgehead atoms. The third-order valence-corrected chi connectivity index (χ3v) is 5.70. The van der Waals surface area contributed by atoms with Gasteiger partial charge in [0.15, 0.2) is 5.82 Å². The number of benzene rings is 1. The summed E-state index contributed by atoms with van der Waals surface area (Å²) in [5.41, 5.74) is 0.586. The lowest BCUT2D eigenvalue weighted by Gasteiger charge is -2.05. The van der Waals surface area contributed by atoms with Crippen molar-refractivity contribution in [2.75, 3.05) is 0 Å². The van der Waals surface area contributed by atoms with Crippen molar-refractivity contribution in [3.8, 4) is 0 Å². The van der Waals surface area contributed by atoms with E-state index in [9.17, 15) is 13.2 Å². The van der Waals surface area contributed by atoms with Crippen molar-refractivity contribution >= 4 is 37.4 Å². The van der Waals surface area contributed by atoms with E-state index in [0.717, 1.165) is 0 Å². The molecule has 0 saturated heterocycles. The summed E-state index contributed by atoms with van der Waals surface area (Å²) in [6, 6.07) is 4.36. The highest BCUT2D eigenvalue weighted by Crippen LogP contribution is 2.17. The molecule has 0 aliphatic rings. The minimum absolute atomic E-state index is 0.0392. The van der Waals surface area contributed by atoms with Gasteiger partial charge in [0.1, 0.15) is 5.01 Å².